The van der Waals surface area contributed by atoms with Gasteiger partial charge in [-0.25, -0.2) is 9.38 Å². The second-order valence-corrected chi connectivity index (χ2v) is 7.25. The molecule has 7 heteroatoms. The van der Waals surface area contributed by atoms with Gasteiger partial charge in [-0.2, -0.15) is 5.26 Å². The molecule has 1 fully saturated rings. The van der Waals surface area contributed by atoms with E-state index in [0.29, 0.717) is 48.3 Å². The number of nitrogens with one attached hydrogen (secondary N) is 1. The van der Waals surface area contributed by atoms with Crippen LogP contribution in [0.1, 0.15) is 39.9 Å². The maximum atomic E-state index is 14.0. The smallest absolute Gasteiger partial charge is 0.253 e. The molecular formula is C21H20FN5O. The number of nitrogens with two attached hydrogens (primary N) is 1. The molecule has 2 aromatic rings. The van der Waals surface area contributed by atoms with Gasteiger partial charge in [0, 0.05) is 37.2 Å². The molecule has 2 heterocycles. The molecule has 4 rings (SSSR count). The highest BCUT2D eigenvalue weighted by molar-refractivity contribution is 6.04. The molecule has 6 nitrogen and oxygen atoms in total. The fourth-order valence-electron chi connectivity index (χ4n) is 3.87. The van der Waals surface area contributed by atoms with Crippen LogP contribution in [0, 0.1) is 24.1 Å². The molecule has 0 saturated carbocycles. The van der Waals surface area contributed by atoms with Gasteiger partial charge in [0.1, 0.15) is 17.3 Å². The molecule has 0 atom stereocenters. The second-order valence-electron chi connectivity index (χ2n) is 7.25. The van der Waals surface area contributed by atoms with Gasteiger partial charge in [0.15, 0.2) is 0 Å². The topological polar surface area (TPSA) is 94.5 Å². The monoisotopic (exact) mass is 377 g/mol. The standard InChI is InChI=1S/C21H20FN5O/c1-13-11-14(5-6-15(13)12-23)20(28)27-9-7-21(8-10-27)25-17-4-2-3-16(22)18(17)19(24)26-21/h2-6,11,25H,7-10H2,1H3,(H2,24,26). The molecule has 3 N–H and O–H groups in total. The molecule has 0 radical (unpaired) electrons. The summed E-state index contributed by atoms with van der Waals surface area (Å²) in [6, 6.07) is 12.0. The lowest BCUT2D eigenvalue weighted by Gasteiger charge is -2.42. The summed E-state index contributed by atoms with van der Waals surface area (Å²) in [5.41, 5.74) is 8.28. The number of rotatable bonds is 1. The van der Waals surface area contributed by atoms with Crippen molar-refractivity contribution in [2.45, 2.75) is 25.4 Å². The van der Waals surface area contributed by atoms with Crippen LogP contribution in [0.15, 0.2) is 41.4 Å². The van der Waals surface area contributed by atoms with Crippen molar-refractivity contribution in [3.63, 3.8) is 0 Å². The summed E-state index contributed by atoms with van der Waals surface area (Å²) in [6.07, 6.45) is 1.15. The first-order chi connectivity index (χ1) is 13.4. The SMILES string of the molecule is Cc1cc(C(=O)N2CCC3(CC2)N=C(N)c2c(F)cccc2N3)ccc1C#N. The molecule has 2 aromatic carbocycles. The predicted molar refractivity (Wildman–Crippen MR) is 105 cm³/mol. The predicted octanol–water partition coefficient (Wildman–Crippen LogP) is 2.77. The van der Waals surface area contributed by atoms with E-state index in [9.17, 15) is 9.18 Å². The van der Waals surface area contributed by atoms with Crippen molar-refractivity contribution in [1.29, 1.82) is 5.26 Å². The second kappa shape index (κ2) is 6.64. The number of benzene rings is 2. The van der Waals surface area contributed by atoms with Crippen molar-refractivity contribution >= 4 is 17.4 Å². The van der Waals surface area contributed by atoms with E-state index in [-0.39, 0.29) is 11.7 Å². The third kappa shape index (κ3) is 2.97. The summed E-state index contributed by atoms with van der Waals surface area (Å²) in [5.74, 6) is -0.277. The van der Waals surface area contributed by atoms with Crippen LogP contribution in [0.25, 0.3) is 0 Å². The molecule has 1 spiro atoms. The number of carbonyl (C=O) groups is 1. The Labute approximate surface area is 162 Å². The van der Waals surface area contributed by atoms with Crippen molar-refractivity contribution in [3.05, 3.63) is 64.5 Å². The van der Waals surface area contributed by atoms with Crippen LogP contribution in [0.3, 0.4) is 0 Å². The number of amidine groups is 1. The first-order valence-corrected chi connectivity index (χ1v) is 9.15. The first kappa shape index (κ1) is 18.0. The van der Waals surface area contributed by atoms with E-state index >= 15 is 0 Å². The van der Waals surface area contributed by atoms with Gasteiger partial charge in [-0.3, -0.25) is 4.79 Å². The fourth-order valence-corrected chi connectivity index (χ4v) is 3.87. The molecule has 2 aliphatic heterocycles. The maximum Gasteiger partial charge on any atom is 0.253 e. The van der Waals surface area contributed by atoms with E-state index in [1.54, 1.807) is 35.2 Å². The Balaban J connectivity index is 1.51. The van der Waals surface area contributed by atoms with Crippen molar-refractivity contribution in [3.8, 4) is 6.07 Å². The number of amides is 1. The third-order valence-electron chi connectivity index (χ3n) is 5.44. The van der Waals surface area contributed by atoms with Crippen molar-refractivity contribution in [2.75, 3.05) is 18.4 Å². The number of hydrogen-bond acceptors (Lipinski definition) is 5. The van der Waals surface area contributed by atoms with Crippen LogP contribution in [0.2, 0.25) is 0 Å². The normalized spacial score (nSPS) is 17.3. The number of piperidine rings is 1. The van der Waals surface area contributed by atoms with Crippen LogP contribution >= 0.6 is 0 Å². The summed E-state index contributed by atoms with van der Waals surface area (Å²) in [4.78, 5) is 19.2. The number of nitriles is 1. The zero-order chi connectivity index (χ0) is 19.9. The van der Waals surface area contributed by atoms with Crippen LogP contribution in [-0.2, 0) is 0 Å². The van der Waals surface area contributed by atoms with E-state index in [1.165, 1.54) is 6.07 Å². The minimum absolute atomic E-state index is 0.0679. The number of likely N-dealkylation sites (tertiary alicyclic amines) is 1. The van der Waals surface area contributed by atoms with E-state index in [2.05, 4.69) is 16.4 Å². The van der Waals surface area contributed by atoms with Gasteiger partial charge < -0.3 is 16.0 Å². The van der Waals surface area contributed by atoms with Gasteiger partial charge in [-0.15, -0.1) is 0 Å². The Hall–Kier alpha value is -3.40. The number of hydrogen-bond donors (Lipinski definition) is 2. The molecule has 28 heavy (non-hydrogen) atoms. The van der Waals surface area contributed by atoms with E-state index < -0.39 is 11.5 Å². The Morgan fingerprint density at radius 1 is 1.32 bits per heavy atom. The molecule has 2 aliphatic rings. The number of anilines is 1. The lowest BCUT2D eigenvalue weighted by Crippen LogP contribution is -2.52. The number of halogens is 1. The number of aliphatic imine (C=N–C) groups is 1. The average molecular weight is 377 g/mol. The molecule has 1 saturated heterocycles. The van der Waals surface area contributed by atoms with Gasteiger partial charge in [0.2, 0.25) is 0 Å². The molecule has 1 amide bonds. The van der Waals surface area contributed by atoms with Crippen LogP contribution in [0.4, 0.5) is 10.1 Å². The van der Waals surface area contributed by atoms with Crippen LogP contribution < -0.4 is 11.1 Å². The lowest BCUT2D eigenvalue weighted by atomic mass is 9.93. The molecular weight excluding hydrogens is 357 g/mol. The number of carbonyl (C=O) groups excluding carboxylic acids is 1. The van der Waals surface area contributed by atoms with Crippen LogP contribution in [0.5, 0.6) is 0 Å². The van der Waals surface area contributed by atoms with Gasteiger partial charge in [0.25, 0.3) is 5.91 Å². The summed E-state index contributed by atoms with van der Waals surface area (Å²) in [6.45, 7) is 2.83. The van der Waals surface area contributed by atoms with E-state index in [4.69, 9.17) is 11.0 Å². The highest BCUT2D eigenvalue weighted by atomic mass is 19.1. The quantitative estimate of drug-likeness (QED) is 0.799. The number of aryl methyl sites for hydroxylation is 1. The van der Waals surface area contributed by atoms with Crippen molar-refractivity contribution in [1.82, 2.24) is 4.90 Å². The lowest BCUT2D eigenvalue weighted by molar-refractivity contribution is 0.0685. The highest BCUT2D eigenvalue weighted by Gasteiger charge is 2.39. The molecule has 0 unspecified atom stereocenters. The Kier molecular flexibility index (Phi) is 4.27. The van der Waals surface area contributed by atoms with E-state index in [0.717, 1.165) is 5.56 Å². The summed E-state index contributed by atoms with van der Waals surface area (Å²) >= 11 is 0. The summed E-state index contributed by atoms with van der Waals surface area (Å²) in [5, 5.41) is 12.4. The Bertz CT molecular complexity index is 1030. The highest BCUT2D eigenvalue weighted by Crippen LogP contribution is 2.35. The zero-order valence-electron chi connectivity index (χ0n) is 15.5. The van der Waals surface area contributed by atoms with E-state index in [1.807, 2.05) is 6.92 Å². The Morgan fingerprint density at radius 2 is 2.07 bits per heavy atom. The minimum atomic E-state index is -0.623. The fraction of sp³-hybridized carbons (Fsp3) is 0.286. The van der Waals surface area contributed by atoms with Crippen molar-refractivity contribution in [2.24, 2.45) is 10.7 Å². The average Bonchev–Trinajstić information content (AvgIpc) is 2.67. The first-order valence-electron chi connectivity index (χ1n) is 9.15. The summed E-state index contributed by atoms with van der Waals surface area (Å²) < 4.78 is 14.0. The third-order valence-corrected chi connectivity index (χ3v) is 5.44. The van der Waals surface area contributed by atoms with Crippen LogP contribution in [-0.4, -0.2) is 35.4 Å². The molecule has 142 valence electrons. The zero-order valence-corrected chi connectivity index (χ0v) is 15.5. The van der Waals surface area contributed by atoms with Crippen molar-refractivity contribution < 1.29 is 9.18 Å². The molecule has 0 aromatic heterocycles. The number of nitrogens with zero attached hydrogens (tertiary/aromatic N) is 3. The largest absolute Gasteiger partial charge is 0.383 e. The minimum Gasteiger partial charge on any atom is -0.383 e. The maximum absolute atomic E-state index is 14.0. The van der Waals surface area contributed by atoms with Gasteiger partial charge >= 0.3 is 0 Å². The molecule has 0 bridgehead atoms. The van der Waals surface area contributed by atoms with Gasteiger partial charge in [-0.05, 0) is 42.8 Å². The molecule has 0 aliphatic carbocycles. The van der Waals surface area contributed by atoms with Gasteiger partial charge in [0.05, 0.1) is 17.2 Å². The summed E-state index contributed by atoms with van der Waals surface area (Å²) in [7, 11) is 0. The van der Waals surface area contributed by atoms with Gasteiger partial charge in [-0.1, -0.05) is 6.07 Å². The number of fused-ring (bicyclic) bond motifs is 1. The Morgan fingerprint density at radius 3 is 2.75 bits per heavy atom.